The van der Waals surface area contributed by atoms with Crippen LogP contribution in [-0.4, -0.2) is 26.4 Å². The van der Waals surface area contributed by atoms with Gasteiger partial charge < -0.3 is 5.32 Å². The molecule has 0 atom stereocenters. The van der Waals surface area contributed by atoms with Gasteiger partial charge in [-0.15, -0.1) is 5.10 Å². The molecule has 0 aliphatic heterocycles. The molecular formula is C25H22N4O2S. The molecule has 5 rings (SSSR count). The fraction of sp³-hybridized carbons (Fsp3) is 0.160. The van der Waals surface area contributed by atoms with E-state index >= 15 is 0 Å². The van der Waals surface area contributed by atoms with Crippen molar-refractivity contribution in [3.8, 4) is 11.1 Å². The van der Waals surface area contributed by atoms with Crippen molar-refractivity contribution in [3.63, 3.8) is 0 Å². The maximum atomic E-state index is 12.8. The first-order valence-corrected chi connectivity index (χ1v) is 11.5. The van der Waals surface area contributed by atoms with Crippen molar-refractivity contribution >= 4 is 17.7 Å². The van der Waals surface area contributed by atoms with Gasteiger partial charge in [0.2, 0.25) is 5.91 Å². The third-order valence-electron chi connectivity index (χ3n) is 5.66. The van der Waals surface area contributed by atoms with Crippen LogP contribution in [0.1, 0.15) is 22.7 Å². The SMILES string of the molecule is O=C(CSc1n[nH]c(=O)n1CCc1ccccc1)NC1c2ccccc2-c2ccccc21. The van der Waals surface area contributed by atoms with Crippen molar-refractivity contribution in [3.05, 3.63) is 106 Å². The molecule has 160 valence electrons. The van der Waals surface area contributed by atoms with Crippen LogP contribution in [0.25, 0.3) is 11.1 Å². The second kappa shape index (κ2) is 8.88. The fourth-order valence-electron chi connectivity index (χ4n) is 4.14. The predicted molar refractivity (Wildman–Crippen MR) is 126 cm³/mol. The summed E-state index contributed by atoms with van der Waals surface area (Å²) >= 11 is 1.27. The standard InChI is InChI=1S/C25H22N4O2S/c30-22(26-23-20-12-6-4-10-18(20)19-11-5-7-13-21(19)23)16-32-25-28-27-24(31)29(25)15-14-17-8-2-1-3-9-17/h1-13,23H,14-16H2,(H,26,30)(H,27,31). The number of fused-ring (bicyclic) bond motifs is 3. The van der Waals surface area contributed by atoms with E-state index in [4.69, 9.17) is 0 Å². The number of amides is 1. The van der Waals surface area contributed by atoms with Crippen LogP contribution < -0.4 is 11.0 Å². The minimum absolute atomic E-state index is 0.100. The summed E-state index contributed by atoms with van der Waals surface area (Å²) in [4.78, 5) is 25.0. The average Bonchev–Trinajstić information content (AvgIpc) is 3.35. The molecule has 1 aliphatic carbocycles. The molecule has 3 aromatic carbocycles. The van der Waals surface area contributed by atoms with Gasteiger partial charge in [-0.3, -0.25) is 9.36 Å². The Bertz CT molecular complexity index is 1270. The van der Waals surface area contributed by atoms with Gasteiger partial charge in [0.05, 0.1) is 11.8 Å². The van der Waals surface area contributed by atoms with Gasteiger partial charge in [-0.25, -0.2) is 9.89 Å². The maximum absolute atomic E-state index is 12.8. The molecule has 1 aromatic heterocycles. The van der Waals surface area contributed by atoms with Crippen molar-refractivity contribution < 1.29 is 4.79 Å². The molecule has 2 N–H and O–H groups in total. The number of aromatic nitrogens is 3. The quantitative estimate of drug-likeness (QED) is 0.427. The van der Waals surface area contributed by atoms with Crippen LogP contribution in [0.4, 0.5) is 0 Å². The molecule has 0 unspecified atom stereocenters. The first-order chi connectivity index (χ1) is 15.7. The average molecular weight is 443 g/mol. The summed E-state index contributed by atoms with van der Waals surface area (Å²) in [5.41, 5.74) is 5.40. The van der Waals surface area contributed by atoms with Gasteiger partial charge in [0, 0.05) is 6.54 Å². The molecule has 0 saturated heterocycles. The first kappa shape index (κ1) is 20.3. The Kier molecular flexibility index (Phi) is 5.64. The Balaban J connectivity index is 1.26. The van der Waals surface area contributed by atoms with Gasteiger partial charge in [0.15, 0.2) is 5.16 Å². The second-order valence-corrected chi connectivity index (χ2v) is 8.60. The van der Waals surface area contributed by atoms with E-state index in [2.05, 4.69) is 39.8 Å². The third kappa shape index (κ3) is 3.99. The number of rotatable bonds is 7. The lowest BCUT2D eigenvalue weighted by Crippen LogP contribution is -2.29. The number of nitrogens with one attached hydrogen (secondary N) is 2. The van der Waals surface area contributed by atoms with Gasteiger partial charge >= 0.3 is 5.69 Å². The van der Waals surface area contributed by atoms with Crippen molar-refractivity contribution in [2.75, 3.05) is 5.75 Å². The number of aromatic amines is 1. The van der Waals surface area contributed by atoms with Crippen molar-refractivity contribution in [2.24, 2.45) is 0 Å². The van der Waals surface area contributed by atoms with Crippen LogP contribution in [0, 0.1) is 0 Å². The Hall–Kier alpha value is -3.58. The van der Waals surface area contributed by atoms with Crippen LogP contribution in [-0.2, 0) is 17.8 Å². The van der Waals surface area contributed by atoms with E-state index < -0.39 is 0 Å². The number of carbonyl (C=O) groups excluding carboxylic acids is 1. The second-order valence-electron chi connectivity index (χ2n) is 7.66. The van der Waals surface area contributed by atoms with Gasteiger partial charge in [-0.05, 0) is 34.2 Å². The smallest absolute Gasteiger partial charge is 0.343 e. The summed E-state index contributed by atoms with van der Waals surface area (Å²) in [6.07, 6.45) is 0.718. The van der Waals surface area contributed by atoms with Gasteiger partial charge in [-0.2, -0.15) is 0 Å². The largest absolute Gasteiger partial charge is 0.344 e. The number of hydrogen-bond donors (Lipinski definition) is 2. The lowest BCUT2D eigenvalue weighted by molar-refractivity contribution is -0.119. The topological polar surface area (TPSA) is 79.8 Å². The summed E-state index contributed by atoms with van der Waals surface area (Å²) in [6.45, 7) is 0.507. The van der Waals surface area contributed by atoms with Crippen LogP contribution in [0.3, 0.4) is 0 Å². The predicted octanol–water partition coefficient (Wildman–Crippen LogP) is 3.79. The summed E-state index contributed by atoms with van der Waals surface area (Å²) in [7, 11) is 0. The molecule has 32 heavy (non-hydrogen) atoms. The first-order valence-electron chi connectivity index (χ1n) is 10.5. The normalized spacial score (nSPS) is 12.4. The zero-order chi connectivity index (χ0) is 21.9. The van der Waals surface area contributed by atoms with Crippen molar-refractivity contribution in [1.82, 2.24) is 20.1 Å². The number of H-pyrrole nitrogens is 1. The zero-order valence-electron chi connectivity index (χ0n) is 17.3. The molecule has 0 saturated carbocycles. The van der Waals surface area contributed by atoms with Gasteiger partial charge in [0.1, 0.15) is 0 Å². The van der Waals surface area contributed by atoms with Gasteiger partial charge in [-0.1, -0.05) is 90.6 Å². The van der Waals surface area contributed by atoms with Crippen LogP contribution in [0.2, 0.25) is 0 Å². The number of aryl methyl sites for hydroxylation is 1. The highest BCUT2D eigenvalue weighted by Crippen LogP contribution is 2.43. The molecule has 1 heterocycles. The number of carbonyl (C=O) groups is 1. The van der Waals surface area contributed by atoms with E-state index in [1.165, 1.54) is 11.8 Å². The van der Waals surface area contributed by atoms with Crippen LogP contribution >= 0.6 is 11.8 Å². The Morgan fingerprint density at radius 2 is 1.56 bits per heavy atom. The highest BCUT2D eigenvalue weighted by molar-refractivity contribution is 7.99. The molecule has 0 bridgehead atoms. The fourth-order valence-corrected chi connectivity index (χ4v) is 4.92. The number of hydrogen-bond acceptors (Lipinski definition) is 4. The molecule has 7 heteroatoms. The van der Waals surface area contributed by atoms with E-state index in [0.29, 0.717) is 11.7 Å². The Morgan fingerprint density at radius 1 is 0.938 bits per heavy atom. The van der Waals surface area contributed by atoms with Crippen molar-refractivity contribution in [2.45, 2.75) is 24.2 Å². The molecule has 0 fully saturated rings. The monoisotopic (exact) mass is 442 g/mol. The minimum Gasteiger partial charge on any atom is -0.344 e. The molecule has 6 nitrogen and oxygen atoms in total. The van der Waals surface area contributed by atoms with Gasteiger partial charge in [0.25, 0.3) is 0 Å². The highest BCUT2D eigenvalue weighted by atomic mass is 32.2. The van der Waals surface area contributed by atoms with E-state index in [-0.39, 0.29) is 23.4 Å². The van der Waals surface area contributed by atoms with E-state index in [1.807, 2.05) is 54.6 Å². The molecule has 0 spiro atoms. The summed E-state index contributed by atoms with van der Waals surface area (Å²) in [6, 6.07) is 26.1. The van der Waals surface area contributed by atoms with E-state index in [0.717, 1.165) is 34.2 Å². The summed E-state index contributed by atoms with van der Waals surface area (Å²) in [5, 5.41) is 10.3. The lowest BCUT2D eigenvalue weighted by Gasteiger charge is -2.15. The molecule has 0 radical (unpaired) electrons. The summed E-state index contributed by atoms with van der Waals surface area (Å²) < 4.78 is 1.59. The van der Waals surface area contributed by atoms with Crippen molar-refractivity contribution in [1.29, 1.82) is 0 Å². The maximum Gasteiger partial charge on any atom is 0.343 e. The molecule has 4 aromatic rings. The lowest BCUT2D eigenvalue weighted by atomic mass is 10.1. The van der Waals surface area contributed by atoms with E-state index in [9.17, 15) is 9.59 Å². The van der Waals surface area contributed by atoms with E-state index in [1.54, 1.807) is 4.57 Å². The number of benzene rings is 3. The Morgan fingerprint density at radius 3 is 2.25 bits per heavy atom. The third-order valence-corrected chi connectivity index (χ3v) is 6.64. The Labute approximate surface area is 189 Å². The summed E-state index contributed by atoms with van der Waals surface area (Å²) in [5.74, 6) is 0.0766. The molecular weight excluding hydrogens is 420 g/mol. The molecule has 1 amide bonds. The highest BCUT2D eigenvalue weighted by Gasteiger charge is 2.29. The van der Waals surface area contributed by atoms with Crippen LogP contribution in [0.5, 0.6) is 0 Å². The molecule has 1 aliphatic rings. The minimum atomic E-state index is -0.262. The zero-order valence-corrected chi connectivity index (χ0v) is 18.1. The number of nitrogens with zero attached hydrogens (tertiary/aromatic N) is 2. The van der Waals surface area contributed by atoms with Crippen LogP contribution in [0.15, 0.2) is 88.8 Å². The number of thioether (sulfide) groups is 1.